The lowest BCUT2D eigenvalue weighted by Gasteiger charge is -2.43. The molecule has 3 fully saturated rings. The van der Waals surface area contributed by atoms with Crippen molar-refractivity contribution in [3.63, 3.8) is 0 Å². The number of fused-ring (bicyclic) bond motifs is 2. The Balaban J connectivity index is 1.80. The molecule has 0 aromatic rings. The summed E-state index contributed by atoms with van der Waals surface area (Å²) in [6.07, 6.45) is 5.81. The lowest BCUT2D eigenvalue weighted by Crippen LogP contribution is -2.51. The smallest absolute Gasteiger partial charge is 0.0177 e. The lowest BCUT2D eigenvalue weighted by molar-refractivity contribution is 0.107. The monoisotopic (exact) mass is 207 g/mol. The molecule has 86 valence electrons. The van der Waals surface area contributed by atoms with E-state index in [2.05, 4.69) is 33.0 Å². The maximum absolute atomic E-state index is 3.96. The van der Waals surface area contributed by atoms with E-state index in [1.165, 1.54) is 25.7 Å². The maximum atomic E-state index is 3.96. The molecule has 0 spiro atoms. The highest BCUT2D eigenvalue weighted by Crippen LogP contribution is 2.62. The van der Waals surface area contributed by atoms with Gasteiger partial charge in [0.1, 0.15) is 0 Å². The Hall–Kier alpha value is -0.0400. The van der Waals surface area contributed by atoms with Crippen LogP contribution >= 0.6 is 0 Å². The Morgan fingerprint density at radius 2 is 1.87 bits per heavy atom. The molecule has 3 aliphatic rings. The van der Waals surface area contributed by atoms with E-state index in [1.807, 2.05) is 0 Å². The molecular formula is C14H25N. The molecule has 2 bridgehead atoms. The Kier molecular flexibility index (Phi) is 1.89. The van der Waals surface area contributed by atoms with Gasteiger partial charge in [-0.15, -0.1) is 0 Å². The van der Waals surface area contributed by atoms with Crippen LogP contribution in [0.3, 0.4) is 0 Å². The molecule has 15 heavy (non-hydrogen) atoms. The SMILES string of the molecule is CC1CC1NC1C2(C)CCC(C2)C1(C)C. The molecule has 1 nitrogen and oxygen atoms in total. The molecule has 0 heterocycles. The van der Waals surface area contributed by atoms with Gasteiger partial charge >= 0.3 is 0 Å². The quantitative estimate of drug-likeness (QED) is 0.733. The third-order valence-corrected chi connectivity index (χ3v) is 5.76. The van der Waals surface area contributed by atoms with Gasteiger partial charge in [-0.05, 0) is 48.3 Å². The molecule has 5 atom stereocenters. The molecule has 3 saturated carbocycles. The molecule has 0 aromatic carbocycles. The minimum Gasteiger partial charge on any atom is -0.310 e. The van der Waals surface area contributed by atoms with E-state index in [1.54, 1.807) is 0 Å². The van der Waals surface area contributed by atoms with Crippen LogP contribution in [-0.4, -0.2) is 12.1 Å². The van der Waals surface area contributed by atoms with Crippen molar-refractivity contribution in [3.05, 3.63) is 0 Å². The fourth-order valence-corrected chi connectivity index (χ4v) is 4.49. The van der Waals surface area contributed by atoms with Gasteiger partial charge < -0.3 is 5.32 Å². The van der Waals surface area contributed by atoms with Crippen molar-refractivity contribution in [2.24, 2.45) is 22.7 Å². The number of hydrogen-bond donors (Lipinski definition) is 1. The first-order valence-electron chi connectivity index (χ1n) is 6.69. The van der Waals surface area contributed by atoms with Crippen LogP contribution in [0.1, 0.15) is 53.4 Å². The van der Waals surface area contributed by atoms with Crippen LogP contribution in [-0.2, 0) is 0 Å². The zero-order chi connectivity index (χ0) is 10.8. The van der Waals surface area contributed by atoms with Crippen molar-refractivity contribution in [3.8, 4) is 0 Å². The first kappa shape index (κ1) is 10.1. The topological polar surface area (TPSA) is 12.0 Å². The highest BCUT2D eigenvalue weighted by Gasteiger charge is 2.60. The van der Waals surface area contributed by atoms with E-state index < -0.39 is 0 Å². The van der Waals surface area contributed by atoms with Crippen LogP contribution in [0.5, 0.6) is 0 Å². The maximum Gasteiger partial charge on any atom is 0.0177 e. The summed E-state index contributed by atoms with van der Waals surface area (Å²) in [6, 6.07) is 1.61. The number of rotatable bonds is 2. The fourth-order valence-electron chi connectivity index (χ4n) is 4.49. The number of nitrogens with one attached hydrogen (secondary N) is 1. The predicted octanol–water partition coefficient (Wildman–Crippen LogP) is 3.20. The average molecular weight is 207 g/mol. The standard InChI is InChI=1S/C14H25N/c1-9-7-11(9)15-12-13(2,3)10-5-6-14(12,4)8-10/h9-12,15H,5-8H2,1-4H3. The second-order valence-corrected chi connectivity index (χ2v) is 7.33. The molecular weight excluding hydrogens is 182 g/mol. The molecule has 0 amide bonds. The third kappa shape index (κ3) is 1.32. The average Bonchev–Trinajstić information content (AvgIpc) is 2.59. The van der Waals surface area contributed by atoms with Gasteiger partial charge in [-0.25, -0.2) is 0 Å². The van der Waals surface area contributed by atoms with Crippen LogP contribution in [0.4, 0.5) is 0 Å². The molecule has 1 N–H and O–H groups in total. The van der Waals surface area contributed by atoms with E-state index in [0.29, 0.717) is 10.8 Å². The van der Waals surface area contributed by atoms with E-state index in [9.17, 15) is 0 Å². The third-order valence-electron chi connectivity index (χ3n) is 5.76. The summed E-state index contributed by atoms with van der Waals surface area (Å²) >= 11 is 0. The van der Waals surface area contributed by atoms with Gasteiger partial charge in [-0.2, -0.15) is 0 Å². The summed E-state index contributed by atoms with van der Waals surface area (Å²) in [5.41, 5.74) is 1.14. The summed E-state index contributed by atoms with van der Waals surface area (Å²) in [4.78, 5) is 0. The molecule has 3 rings (SSSR count). The predicted molar refractivity (Wildman–Crippen MR) is 63.7 cm³/mol. The van der Waals surface area contributed by atoms with E-state index in [0.717, 1.165) is 23.9 Å². The van der Waals surface area contributed by atoms with Crippen molar-refractivity contribution in [2.45, 2.75) is 65.5 Å². The van der Waals surface area contributed by atoms with Crippen molar-refractivity contribution in [1.82, 2.24) is 5.32 Å². The zero-order valence-electron chi connectivity index (χ0n) is 10.6. The van der Waals surface area contributed by atoms with Crippen molar-refractivity contribution >= 4 is 0 Å². The molecule has 0 aliphatic heterocycles. The van der Waals surface area contributed by atoms with Gasteiger partial charge in [0.2, 0.25) is 0 Å². The number of hydrogen-bond acceptors (Lipinski definition) is 1. The van der Waals surface area contributed by atoms with Crippen molar-refractivity contribution in [2.75, 3.05) is 0 Å². The molecule has 0 aromatic heterocycles. The van der Waals surface area contributed by atoms with Crippen molar-refractivity contribution in [1.29, 1.82) is 0 Å². The van der Waals surface area contributed by atoms with Crippen LogP contribution in [0.2, 0.25) is 0 Å². The van der Waals surface area contributed by atoms with Crippen LogP contribution in [0, 0.1) is 22.7 Å². The lowest BCUT2D eigenvalue weighted by atomic mass is 9.68. The Bertz CT molecular complexity index is 278. The normalized spacial score (nSPS) is 56.0. The first-order valence-corrected chi connectivity index (χ1v) is 6.69. The molecule has 3 aliphatic carbocycles. The Morgan fingerprint density at radius 1 is 1.20 bits per heavy atom. The second-order valence-electron chi connectivity index (χ2n) is 7.33. The van der Waals surface area contributed by atoms with Crippen LogP contribution in [0.25, 0.3) is 0 Å². The Labute approximate surface area is 94.0 Å². The summed E-state index contributed by atoms with van der Waals surface area (Å²) < 4.78 is 0. The summed E-state index contributed by atoms with van der Waals surface area (Å²) in [6.45, 7) is 9.88. The first-order chi connectivity index (χ1) is 6.93. The van der Waals surface area contributed by atoms with Gasteiger partial charge in [0, 0.05) is 12.1 Å². The van der Waals surface area contributed by atoms with Crippen molar-refractivity contribution < 1.29 is 0 Å². The van der Waals surface area contributed by atoms with E-state index >= 15 is 0 Å². The van der Waals surface area contributed by atoms with Crippen LogP contribution in [0.15, 0.2) is 0 Å². The van der Waals surface area contributed by atoms with Gasteiger partial charge in [0.25, 0.3) is 0 Å². The van der Waals surface area contributed by atoms with E-state index in [4.69, 9.17) is 0 Å². The van der Waals surface area contributed by atoms with E-state index in [-0.39, 0.29) is 0 Å². The van der Waals surface area contributed by atoms with Gasteiger partial charge in [-0.3, -0.25) is 0 Å². The van der Waals surface area contributed by atoms with Gasteiger partial charge in [0.05, 0.1) is 0 Å². The second kappa shape index (κ2) is 2.80. The summed E-state index contributed by atoms with van der Waals surface area (Å²) in [5, 5.41) is 3.96. The van der Waals surface area contributed by atoms with Crippen LogP contribution < -0.4 is 5.32 Å². The largest absolute Gasteiger partial charge is 0.310 e. The van der Waals surface area contributed by atoms with Gasteiger partial charge in [-0.1, -0.05) is 27.7 Å². The highest BCUT2D eigenvalue weighted by atomic mass is 15.1. The highest BCUT2D eigenvalue weighted by molar-refractivity contribution is 5.13. The molecule has 0 radical (unpaired) electrons. The zero-order valence-corrected chi connectivity index (χ0v) is 10.6. The van der Waals surface area contributed by atoms with Gasteiger partial charge in [0.15, 0.2) is 0 Å². The minimum atomic E-state index is 0.537. The minimum absolute atomic E-state index is 0.537. The molecule has 0 saturated heterocycles. The molecule has 5 unspecified atom stereocenters. The Morgan fingerprint density at radius 3 is 2.33 bits per heavy atom. The fraction of sp³-hybridized carbons (Fsp3) is 1.00. The summed E-state index contributed by atoms with van der Waals surface area (Å²) in [5.74, 6) is 1.91. The summed E-state index contributed by atoms with van der Waals surface area (Å²) in [7, 11) is 0. The molecule has 1 heteroatoms.